The maximum Gasteiger partial charge on any atom is 0.309 e. The highest BCUT2D eigenvalue weighted by atomic mass is 32.1. The molecule has 0 bridgehead atoms. The number of nitrogens with zero attached hydrogens (tertiary/aromatic N) is 3. The number of aliphatic carboxylic acids is 1. The van der Waals surface area contributed by atoms with E-state index in [4.69, 9.17) is 15.3 Å². The van der Waals surface area contributed by atoms with Gasteiger partial charge in [-0.05, 0) is 96.1 Å². The normalized spacial score (nSPS) is 14.4. The molecular weight excluding hydrogens is 761 g/mol. The molecule has 2 aromatic rings. The number of amides is 3. The molecule has 2 heterocycles. The van der Waals surface area contributed by atoms with Crippen molar-refractivity contribution in [3.05, 3.63) is 39.8 Å². The Kier molecular flexibility index (Phi) is 24.5. The van der Waals surface area contributed by atoms with Gasteiger partial charge in [-0.3, -0.25) is 24.0 Å². The molecule has 0 saturated carbocycles. The van der Waals surface area contributed by atoms with Crippen molar-refractivity contribution in [3.63, 3.8) is 0 Å². The van der Waals surface area contributed by atoms with E-state index in [1.54, 1.807) is 31.4 Å². The van der Waals surface area contributed by atoms with E-state index in [0.29, 0.717) is 30.0 Å². The summed E-state index contributed by atoms with van der Waals surface area (Å²) in [6, 6.07) is 3.96. The number of phenolic OH excluding ortho intramolecular Hbond substituents is 1. The number of ether oxygens (including phenoxy) is 1. The highest BCUT2D eigenvalue weighted by Gasteiger charge is 2.34. The first-order valence-corrected chi connectivity index (χ1v) is 21.7. The van der Waals surface area contributed by atoms with Crippen molar-refractivity contribution in [2.75, 3.05) is 32.4 Å². The standard InChI is InChI=1S/C36H56N4O7S.C6H13N.CH3NO/c1-8-10-12-13-17-40(32(43)14-11-9-2)29(23(3)4)20-31(47-24(5)41)34-39-28(22-48-34)33(44)38-26(21-36(6,7)35(45)46)18-25-15-16-27(37)30(42)19-25;1-7-5-3-2-4-6-7;2-1-3/h15-16,19,22-23,26,29,31,42H,8-14,17-18,20-21,37H2,1-7H3,(H,38,44)(H,45,46);2-6H2,1H3;1H,(H2,2,3). The summed E-state index contributed by atoms with van der Waals surface area (Å²) in [7, 11) is 2.19. The molecule has 1 aromatic carbocycles. The van der Waals surface area contributed by atoms with Gasteiger partial charge in [0.1, 0.15) is 16.5 Å². The fourth-order valence-corrected chi connectivity index (χ4v) is 7.60. The summed E-state index contributed by atoms with van der Waals surface area (Å²) >= 11 is 1.20. The molecule has 58 heavy (non-hydrogen) atoms. The van der Waals surface area contributed by atoms with Crippen molar-refractivity contribution in [3.8, 4) is 5.75 Å². The SMILES string of the molecule is CCCCCCN(C(=O)CCCC)C(CC(OC(C)=O)c1nc(C(=O)NC(Cc2ccc(N)c(O)c2)CC(C)(C)C(=O)O)cs1)C(C)C.CN1CCCCC1.NC=O. The molecule has 0 aliphatic carbocycles. The summed E-state index contributed by atoms with van der Waals surface area (Å²) in [5, 5.41) is 24.8. The second kappa shape index (κ2) is 27.4. The highest BCUT2D eigenvalue weighted by Crippen LogP contribution is 2.32. The van der Waals surface area contributed by atoms with E-state index in [-0.39, 0.29) is 54.2 Å². The molecule has 14 nitrogen and oxygen atoms in total. The largest absolute Gasteiger partial charge is 0.506 e. The number of piperidine rings is 1. The number of nitrogens with one attached hydrogen (secondary N) is 1. The lowest BCUT2D eigenvalue weighted by atomic mass is 9.84. The number of aromatic hydroxyl groups is 1. The number of rotatable bonds is 21. The number of primary amides is 1. The van der Waals surface area contributed by atoms with Crippen molar-refractivity contribution < 1.29 is 38.9 Å². The van der Waals surface area contributed by atoms with Crippen LogP contribution in [0.15, 0.2) is 23.6 Å². The molecule has 7 N–H and O–H groups in total. The fraction of sp³-hybridized carbons (Fsp3) is 0.674. The summed E-state index contributed by atoms with van der Waals surface area (Å²) in [5.74, 6) is -1.92. The number of hydrogen-bond acceptors (Lipinski definition) is 11. The lowest BCUT2D eigenvalue weighted by Crippen LogP contribution is -2.45. The molecule has 328 valence electrons. The Morgan fingerprint density at radius 2 is 1.71 bits per heavy atom. The summed E-state index contributed by atoms with van der Waals surface area (Å²) in [6.45, 7) is 16.1. The van der Waals surface area contributed by atoms with Crippen LogP contribution in [0.2, 0.25) is 0 Å². The minimum atomic E-state index is -1.15. The fourth-order valence-electron chi connectivity index (χ4n) is 6.76. The van der Waals surface area contributed by atoms with E-state index >= 15 is 0 Å². The molecule has 0 radical (unpaired) electrons. The van der Waals surface area contributed by atoms with Gasteiger partial charge in [-0.2, -0.15) is 0 Å². The number of carbonyl (C=O) groups is 5. The first-order chi connectivity index (χ1) is 27.4. The van der Waals surface area contributed by atoms with Gasteiger partial charge in [0, 0.05) is 43.8 Å². The smallest absolute Gasteiger partial charge is 0.309 e. The number of anilines is 1. The van der Waals surface area contributed by atoms with Crippen molar-refractivity contribution >= 4 is 47.2 Å². The van der Waals surface area contributed by atoms with E-state index in [2.05, 4.69) is 55.7 Å². The predicted octanol–water partition coefficient (Wildman–Crippen LogP) is 7.09. The number of benzene rings is 1. The number of esters is 1. The van der Waals surface area contributed by atoms with Crippen LogP contribution in [0.1, 0.15) is 153 Å². The van der Waals surface area contributed by atoms with Gasteiger partial charge in [0.05, 0.1) is 11.1 Å². The molecule has 0 spiro atoms. The predicted molar refractivity (Wildman–Crippen MR) is 230 cm³/mol. The summed E-state index contributed by atoms with van der Waals surface area (Å²) in [6.07, 6.45) is 10.8. The highest BCUT2D eigenvalue weighted by molar-refractivity contribution is 7.09. The van der Waals surface area contributed by atoms with Gasteiger partial charge in [-0.25, -0.2) is 4.98 Å². The van der Waals surface area contributed by atoms with Gasteiger partial charge in [-0.1, -0.05) is 65.9 Å². The monoisotopic (exact) mass is 833 g/mol. The zero-order chi connectivity index (χ0) is 43.8. The number of unbranched alkanes of at least 4 members (excludes halogenated alkanes) is 4. The Morgan fingerprint density at radius 3 is 2.22 bits per heavy atom. The summed E-state index contributed by atoms with van der Waals surface area (Å²) in [4.78, 5) is 68.7. The Bertz CT molecular complexity index is 1540. The third-order valence-electron chi connectivity index (χ3n) is 10.1. The molecule has 3 unspecified atom stereocenters. The van der Waals surface area contributed by atoms with Crippen LogP contribution in [-0.2, 0) is 30.3 Å². The first-order valence-electron chi connectivity index (χ1n) is 20.8. The van der Waals surface area contributed by atoms with E-state index in [1.165, 1.54) is 56.7 Å². The average molecular weight is 833 g/mol. The molecule has 1 fully saturated rings. The number of carboxylic acid groups (broad SMARTS) is 1. The van der Waals surface area contributed by atoms with E-state index in [9.17, 15) is 29.4 Å². The number of nitrogens with two attached hydrogens (primary N) is 2. The number of phenols is 1. The molecule has 3 amide bonds. The van der Waals surface area contributed by atoms with Crippen molar-refractivity contribution in [2.45, 2.75) is 150 Å². The van der Waals surface area contributed by atoms with Crippen molar-refractivity contribution in [1.82, 2.24) is 20.1 Å². The van der Waals surface area contributed by atoms with Gasteiger partial charge in [0.2, 0.25) is 12.3 Å². The minimum Gasteiger partial charge on any atom is -0.506 e. The topological polar surface area (TPSA) is 218 Å². The molecule has 1 aromatic heterocycles. The first kappa shape index (κ1) is 51.8. The average Bonchev–Trinajstić information content (AvgIpc) is 3.65. The molecule has 1 aliphatic heterocycles. The van der Waals surface area contributed by atoms with E-state index < -0.39 is 35.4 Å². The number of thiazole rings is 1. The van der Waals surface area contributed by atoms with Crippen LogP contribution >= 0.6 is 11.3 Å². The van der Waals surface area contributed by atoms with Crippen molar-refractivity contribution in [2.24, 2.45) is 17.1 Å². The van der Waals surface area contributed by atoms with E-state index in [1.807, 2.05) is 4.90 Å². The van der Waals surface area contributed by atoms with Gasteiger partial charge >= 0.3 is 11.9 Å². The lowest BCUT2D eigenvalue weighted by Gasteiger charge is -2.36. The Balaban J connectivity index is 0.00000147. The second-order valence-corrected chi connectivity index (χ2v) is 17.0. The maximum atomic E-state index is 13.5. The van der Waals surface area contributed by atoms with Crippen LogP contribution in [0.3, 0.4) is 0 Å². The van der Waals surface area contributed by atoms with Crippen molar-refractivity contribution in [1.29, 1.82) is 0 Å². The molecule has 3 rings (SSSR count). The quantitative estimate of drug-likeness (QED) is 0.0281. The summed E-state index contributed by atoms with van der Waals surface area (Å²) in [5.41, 5.74) is 9.77. The molecule has 1 saturated heterocycles. The third-order valence-corrected chi connectivity index (χ3v) is 11.0. The Morgan fingerprint density at radius 1 is 1.07 bits per heavy atom. The minimum absolute atomic E-state index is 0.0775. The van der Waals surface area contributed by atoms with Gasteiger partial charge < -0.3 is 41.5 Å². The zero-order valence-electron chi connectivity index (χ0n) is 36.3. The maximum absolute atomic E-state index is 13.5. The van der Waals surface area contributed by atoms with Crippen LogP contribution in [0.5, 0.6) is 5.75 Å². The van der Waals surface area contributed by atoms with Gasteiger partial charge in [-0.15, -0.1) is 11.3 Å². The number of hydrogen-bond donors (Lipinski definition) is 5. The molecular formula is C43H72N6O8S. The van der Waals surface area contributed by atoms with Crippen LogP contribution in [0.25, 0.3) is 0 Å². The number of carbonyl (C=O) groups excluding carboxylic acids is 4. The Labute approximate surface area is 350 Å². The molecule has 1 aliphatic rings. The zero-order valence-corrected chi connectivity index (χ0v) is 37.1. The summed E-state index contributed by atoms with van der Waals surface area (Å²) < 4.78 is 5.78. The van der Waals surface area contributed by atoms with Crippen LogP contribution in [0, 0.1) is 11.3 Å². The lowest BCUT2D eigenvalue weighted by molar-refractivity contribution is -0.149. The number of likely N-dealkylation sites (tertiary alicyclic amines) is 1. The van der Waals surface area contributed by atoms with E-state index in [0.717, 1.165) is 38.5 Å². The van der Waals surface area contributed by atoms with Gasteiger partial charge in [0.15, 0.2) is 6.10 Å². The number of aromatic nitrogens is 1. The number of nitrogen functional groups attached to an aromatic ring is 1. The Hall–Kier alpha value is -4.24. The number of carboxylic acids is 1. The molecule has 15 heteroatoms. The van der Waals surface area contributed by atoms with Crippen LogP contribution < -0.4 is 16.8 Å². The van der Waals surface area contributed by atoms with Crippen LogP contribution in [0.4, 0.5) is 5.69 Å². The molecule has 3 atom stereocenters. The second-order valence-electron chi connectivity index (χ2n) is 16.1. The van der Waals surface area contributed by atoms with Gasteiger partial charge in [0.25, 0.3) is 5.91 Å². The van der Waals surface area contributed by atoms with Crippen LogP contribution in [-0.4, -0.2) is 93.9 Å². The third kappa shape index (κ3) is 19.5.